The van der Waals surface area contributed by atoms with Gasteiger partial charge in [-0.1, -0.05) is 78.9 Å². The van der Waals surface area contributed by atoms with E-state index in [9.17, 15) is 13.2 Å². The maximum Gasteiger partial charge on any atom is 0.410 e. The molecule has 0 heterocycles. The maximum atomic E-state index is 12.7. The molecule has 5 nitrogen and oxygen atoms in total. The molecule has 0 bridgehead atoms. The van der Waals surface area contributed by atoms with Crippen molar-refractivity contribution in [1.29, 1.82) is 0 Å². The second-order valence-corrected chi connectivity index (χ2v) is 8.69. The van der Waals surface area contributed by atoms with E-state index in [0.717, 1.165) is 11.1 Å². The van der Waals surface area contributed by atoms with Crippen LogP contribution in [0.4, 0.5) is 4.79 Å². The Balaban J connectivity index is 1.69. The first-order valence-electron chi connectivity index (χ1n) is 9.32. The van der Waals surface area contributed by atoms with Gasteiger partial charge in [0.25, 0.3) is 0 Å². The highest BCUT2D eigenvalue weighted by molar-refractivity contribution is 7.91. The molecule has 0 saturated carbocycles. The second kappa shape index (κ2) is 9.89. The highest BCUT2D eigenvalue weighted by atomic mass is 32.2. The summed E-state index contributed by atoms with van der Waals surface area (Å²) in [5, 5.41) is 0. The third-order valence-electron chi connectivity index (χ3n) is 4.41. The van der Waals surface area contributed by atoms with Crippen LogP contribution in [0.1, 0.15) is 11.1 Å². The molecule has 6 heteroatoms. The third-order valence-corrected chi connectivity index (χ3v) is 6.12. The quantitative estimate of drug-likeness (QED) is 0.556. The van der Waals surface area contributed by atoms with Crippen LogP contribution in [0.25, 0.3) is 0 Å². The fourth-order valence-electron chi connectivity index (χ4n) is 2.83. The Kier molecular flexibility index (Phi) is 7.03. The third kappa shape index (κ3) is 6.19. The summed E-state index contributed by atoms with van der Waals surface area (Å²) in [7, 11) is -3.50. The van der Waals surface area contributed by atoms with Gasteiger partial charge in [0.15, 0.2) is 9.84 Å². The summed E-state index contributed by atoms with van der Waals surface area (Å²) in [6, 6.07) is 27.1. The molecule has 3 aromatic carbocycles. The van der Waals surface area contributed by atoms with Gasteiger partial charge in [0.05, 0.1) is 10.6 Å². The van der Waals surface area contributed by atoms with Crippen LogP contribution >= 0.6 is 0 Å². The Hall–Kier alpha value is -3.12. The number of carbonyl (C=O) groups is 1. The van der Waals surface area contributed by atoms with Crippen LogP contribution in [-0.2, 0) is 27.7 Å². The molecule has 0 N–H and O–H groups in total. The average molecular weight is 410 g/mol. The van der Waals surface area contributed by atoms with E-state index >= 15 is 0 Å². The lowest BCUT2D eigenvalue weighted by Gasteiger charge is -2.22. The standard InChI is InChI=1S/C23H23NO4S/c25-23(28-19-21-12-6-2-7-13-21)24(18-20-10-4-1-5-11-20)16-17-29(26,27)22-14-8-3-9-15-22/h1-15H,16-19H2. The molecule has 150 valence electrons. The van der Waals surface area contributed by atoms with Crippen LogP contribution < -0.4 is 0 Å². The number of amides is 1. The highest BCUT2D eigenvalue weighted by Crippen LogP contribution is 2.13. The van der Waals surface area contributed by atoms with Crippen molar-refractivity contribution in [3.8, 4) is 0 Å². The van der Waals surface area contributed by atoms with Crippen molar-refractivity contribution in [2.24, 2.45) is 0 Å². The zero-order valence-corrected chi connectivity index (χ0v) is 16.8. The molecule has 1 amide bonds. The summed E-state index contributed by atoms with van der Waals surface area (Å²) in [6.07, 6.45) is -0.541. The highest BCUT2D eigenvalue weighted by Gasteiger charge is 2.21. The molecule has 0 aromatic heterocycles. The first-order valence-corrected chi connectivity index (χ1v) is 11.0. The number of carbonyl (C=O) groups excluding carboxylic acids is 1. The summed E-state index contributed by atoms with van der Waals surface area (Å²) in [4.78, 5) is 14.4. The number of rotatable bonds is 8. The van der Waals surface area contributed by atoms with Crippen LogP contribution in [0.15, 0.2) is 95.9 Å². The number of hydrogen-bond acceptors (Lipinski definition) is 4. The van der Waals surface area contributed by atoms with Crippen molar-refractivity contribution in [1.82, 2.24) is 4.90 Å². The van der Waals surface area contributed by atoms with E-state index in [1.54, 1.807) is 30.3 Å². The minimum absolute atomic E-state index is 0.0414. The van der Waals surface area contributed by atoms with E-state index < -0.39 is 15.9 Å². The van der Waals surface area contributed by atoms with Crippen molar-refractivity contribution in [2.75, 3.05) is 12.3 Å². The molecule has 3 aromatic rings. The lowest BCUT2D eigenvalue weighted by molar-refractivity contribution is 0.0959. The van der Waals surface area contributed by atoms with Crippen molar-refractivity contribution < 1.29 is 17.9 Å². The molecule has 29 heavy (non-hydrogen) atoms. The van der Waals surface area contributed by atoms with Crippen LogP contribution in [-0.4, -0.2) is 31.7 Å². The van der Waals surface area contributed by atoms with E-state index in [2.05, 4.69) is 0 Å². The number of nitrogens with zero attached hydrogens (tertiary/aromatic N) is 1. The SMILES string of the molecule is O=C(OCc1ccccc1)N(CCS(=O)(=O)c1ccccc1)Cc1ccccc1. The topological polar surface area (TPSA) is 63.7 Å². The number of hydrogen-bond donors (Lipinski definition) is 0. The van der Waals surface area contributed by atoms with E-state index in [4.69, 9.17) is 4.74 Å². The first-order chi connectivity index (χ1) is 14.0. The van der Waals surface area contributed by atoms with Crippen LogP contribution in [0.2, 0.25) is 0 Å². The van der Waals surface area contributed by atoms with Gasteiger partial charge in [-0.25, -0.2) is 13.2 Å². The van der Waals surface area contributed by atoms with E-state index in [1.807, 2.05) is 60.7 Å². The van der Waals surface area contributed by atoms with Gasteiger partial charge in [-0.3, -0.25) is 0 Å². The Bertz CT molecular complexity index is 1010. The van der Waals surface area contributed by atoms with Crippen LogP contribution in [0, 0.1) is 0 Å². The fraction of sp³-hybridized carbons (Fsp3) is 0.174. The molecular weight excluding hydrogens is 386 g/mol. The van der Waals surface area contributed by atoms with E-state index in [0.29, 0.717) is 0 Å². The predicted molar refractivity (Wildman–Crippen MR) is 112 cm³/mol. The largest absolute Gasteiger partial charge is 0.445 e. The number of benzene rings is 3. The average Bonchev–Trinajstić information content (AvgIpc) is 2.77. The van der Waals surface area contributed by atoms with Crippen molar-refractivity contribution in [2.45, 2.75) is 18.0 Å². The summed E-state index contributed by atoms with van der Waals surface area (Å²) in [5.74, 6) is -0.176. The first kappa shape index (κ1) is 20.6. The lowest BCUT2D eigenvalue weighted by Crippen LogP contribution is -2.35. The Morgan fingerprint density at radius 3 is 1.86 bits per heavy atom. The Labute approximate surface area is 171 Å². The molecule has 0 aliphatic rings. The molecule has 3 rings (SSSR count). The summed E-state index contributed by atoms with van der Waals surface area (Å²) >= 11 is 0. The molecular formula is C23H23NO4S. The smallest absolute Gasteiger partial charge is 0.410 e. The van der Waals surface area contributed by atoms with Gasteiger partial charge in [0, 0.05) is 13.1 Å². The molecule has 0 unspecified atom stereocenters. The molecule has 0 radical (unpaired) electrons. The van der Waals surface area contributed by atoms with Gasteiger partial charge in [-0.15, -0.1) is 0 Å². The van der Waals surface area contributed by atoms with Crippen molar-refractivity contribution in [3.63, 3.8) is 0 Å². The zero-order chi connectivity index (χ0) is 20.5. The van der Waals surface area contributed by atoms with Gasteiger partial charge < -0.3 is 9.64 Å². The molecule has 0 atom stereocenters. The molecule has 0 aliphatic heterocycles. The van der Waals surface area contributed by atoms with Gasteiger partial charge in [-0.05, 0) is 23.3 Å². The molecule has 0 aliphatic carbocycles. The predicted octanol–water partition coefficient (Wildman–Crippen LogP) is 4.30. The van der Waals surface area contributed by atoms with Crippen molar-refractivity contribution >= 4 is 15.9 Å². The van der Waals surface area contributed by atoms with Gasteiger partial charge in [0.1, 0.15) is 6.61 Å². The Morgan fingerprint density at radius 2 is 1.28 bits per heavy atom. The minimum atomic E-state index is -3.50. The molecule has 0 fully saturated rings. The monoisotopic (exact) mass is 409 g/mol. The molecule has 0 spiro atoms. The van der Waals surface area contributed by atoms with Crippen molar-refractivity contribution in [3.05, 3.63) is 102 Å². The van der Waals surface area contributed by atoms with Crippen LogP contribution in [0.3, 0.4) is 0 Å². The van der Waals surface area contributed by atoms with E-state index in [-0.39, 0.29) is 30.3 Å². The van der Waals surface area contributed by atoms with Gasteiger partial charge in [0.2, 0.25) is 0 Å². The zero-order valence-electron chi connectivity index (χ0n) is 16.0. The summed E-state index contributed by atoms with van der Waals surface area (Å²) < 4.78 is 30.6. The number of ether oxygens (including phenoxy) is 1. The van der Waals surface area contributed by atoms with Gasteiger partial charge in [-0.2, -0.15) is 0 Å². The summed E-state index contributed by atoms with van der Waals surface area (Å²) in [6.45, 7) is 0.453. The van der Waals surface area contributed by atoms with Gasteiger partial charge >= 0.3 is 6.09 Å². The molecule has 0 saturated heterocycles. The fourth-order valence-corrected chi connectivity index (χ4v) is 4.09. The lowest BCUT2D eigenvalue weighted by atomic mass is 10.2. The van der Waals surface area contributed by atoms with E-state index in [1.165, 1.54) is 4.90 Å². The second-order valence-electron chi connectivity index (χ2n) is 6.58. The maximum absolute atomic E-state index is 12.7. The minimum Gasteiger partial charge on any atom is -0.445 e. The number of sulfone groups is 1. The van der Waals surface area contributed by atoms with Crippen LogP contribution in [0.5, 0.6) is 0 Å². The normalized spacial score (nSPS) is 11.0. The summed E-state index contributed by atoms with van der Waals surface area (Å²) in [5.41, 5.74) is 1.78. The Morgan fingerprint density at radius 1 is 0.759 bits per heavy atom.